The van der Waals surface area contributed by atoms with E-state index in [4.69, 9.17) is 0 Å². The molecule has 25 heavy (non-hydrogen) atoms. The van der Waals surface area contributed by atoms with Crippen LogP contribution in [0.1, 0.15) is 9.67 Å². The van der Waals surface area contributed by atoms with E-state index in [0.29, 0.717) is 32.7 Å². The summed E-state index contributed by atoms with van der Waals surface area (Å²) in [6.45, 7) is 2.44. The highest BCUT2D eigenvalue weighted by atomic mass is 35.5. The molecule has 0 spiro atoms. The number of thioether (sulfide) groups is 1. The molecule has 2 fully saturated rings. The van der Waals surface area contributed by atoms with Gasteiger partial charge in [-0.15, -0.1) is 23.7 Å². The van der Waals surface area contributed by atoms with E-state index in [-0.39, 0.29) is 28.1 Å². The first-order valence-electron chi connectivity index (χ1n) is 7.82. The van der Waals surface area contributed by atoms with E-state index in [2.05, 4.69) is 10.6 Å². The molecule has 3 rings (SSSR count). The first-order chi connectivity index (χ1) is 11.5. The van der Waals surface area contributed by atoms with Crippen LogP contribution < -0.4 is 10.6 Å². The molecule has 2 saturated heterocycles. The van der Waals surface area contributed by atoms with Gasteiger partial charge in [-0.05, 0) is 11.4 Å². The van der Waals surface area contributed by atoms with Gasteiger partial charge in [0.25, 0.3) is 5.91 Å². The lowest BCUT2D eigenvalue weighted by Gasteiger charge is -2.25. The van der Waals surface area contributed by atoms with Gasteiger partial charge >= 0.3 is 0 Å². The number of carbonyl (C=O) groups excluding carboxylic acids is 1. The molecule has 0 bridgehead atoms. The SMILES string of the molecule is Cl.O=C(NCC1CNCC1O)c1sccc1S(=O)(=O)N1CCSCC1. The van der Waals surface area contributed by atoms with Gasteiger partial charge in [-0.2, -0.15) is 16.1 Å². The van der Waals surface area contributed by atoms with Crippen LogP contribution in [0.15, 0.2) is 16.3 Å². The minimum absolute atomic E-state index is 0. The van der Waals surface area contributed by atoms with Crippen LogP contribution in [-0.2, 0) is 10.0 Å². The summed E-state index contributed by atoms with van der Waals surface area (Å²) in [6, 6.07) is 1.50. The number of carbonyl (C=O) groups is 1. The van der Waals surface area contributed by atoms with Crippen LogP contribution in [0.5, 0.6) is 0 Å². The zero-order chi connectivity index (χ0) is 17.2. The van der Waals surface area contributed by atoms with Crippen molar-refractivity contribution in [1.82, 2.24) is 14.9 Å². The number of hydrogen-bond acceptors (Lipinski definition) is 7. The molecular weight excluding hydrogens is 406 g/mol. The number of aliphatic hydroxyl groups is 1. The van der Waals surface area contributed by atoms with E-state index in [1.165, 1.54) is 10.4 Å². The number of β-amino-alcohol motifs (C(OH)–C–C–N with tert-alkyl or cyclic N) is 1. The van der Waals surface area contributed by atoms with E-state index in [9.17, 15) is 18.3 Å². The lowest BCUT2D eigenvalue weighted by molar-refractivity contribution is 0.0928. The number of thiophene rings is 1. The monoisotopic (exact) mass is 427 g/mol. The number of hydrogen-bond donors (Lipinski definition) is 3. The van der Waals surface area contributed by atoms with E-state index < -0.39 is 22.0 Å². The fourth-order valence-corrected chi connectivity index (χ4v) is 6.72. The van der Waals surface area contributed by atoms with Gasteiger partial charge in [0, 0.05) is 50.1 Å². The predicted molar refractivity (Wildman–Crippen MR) is 102 cm³/mol. The maximum absolute atomic E-state index is 12.8. The number of nitrogens with zero attached hydrogens (tertiary/aromatic N) is 1. The molecule has 2 aliphatic heterocycles. The summed E-state index contributed by atoms with van der Waals surface area (Å²) in [6.07, 6.45) is -0.484. The summed E-state index contributed by atoms with van der Waals surface area (Å²) in [5, 5.41) is 17.2. The third-order valence-corrected chi connectivity index (χ3v) is 8.18. The van der Waals surface area contributed by atoms with E-state index in [1.807, 2.05) is 0 Å². The van der Waals surface area contributed by atoms with Gasteiger partial charge in [-0.3, -0.25) is 4.79 Å². The molecule has 1 aromatic heterocycles. The topological polar surface area (TPSA) is 98.7 Å². The first kappa shape index (κ1) is 20.9. The Morgan fingerprint density at radius 3 is 2.72 bits per heavy atom. The Hall–Kier alpha value is -0.360. The van der Waals surface area contributed by atoms with Gasteiger partial charge in [-0.1, -0.05) is 0 Å². The van der Waals surface area contributed by atoms with E-state index in [1.54, 1.807) is 17.1 Å². The van der Waals surface area contributed by atoms with Crippen LogP contribution >= 0.6 is 35.5 Å². The molecule has 1 amide bonds. The van der Waals surface area contributed by atoms with Gasteiger partial charge in [0.2, 0.25) is 10.0 Å². The van der Waals surface area contributed by atoms with Crippen molar-refractivity contribution in [2.45, 2.75) is 11.0 Å². The van der Waals surface area contributed by atoms with Crippen LogP contribution in [0.3, 0.4) is 0 Å². The summed E-state index contributed by atoms with van der Waals surface area (Å²) in [5.74, 6) is 1.11. The molecule has 2 atom stereocenters. The minimum atomic E-state index is -3.63. The molecule has 142 valence electrons. The summed E-state index contributed by atoms with van der Waals surface area (Å²) in [5.41, 5.74) is 0. The van der Waals surface area contributed by atoms with Crippen molar-refractivity contribution in [1.29, 1.82) is 0 Å². The van der Waals surface area contributed by atoms with Crippen LogP contribution in [0, 0.1) is 5.92 Å². The number of aliphatic hydroxyl groups excluding tert-OH is 1. The maximum Gasteiger partial charge on any atom is 0.262 e. The molecule has 0 saturated carbocycles. The summed E-state index contributed by atoms with van der Waals surface area (Å²) in [7, 11) is -3.63. The fraction of sp³-hybridized carbons (Fsp3) is 0.643. The molecule has 11 heteroatoms. The van der Waals surface area contributed by atoms with Gasteiger partial charge < -0.3 is 15.7 Å². The third kappa shape index (κ3) is 4.68. The predicted octanol–water partition coefficient (Wildman–Crippen LogP) is 0.218. The van der Waals surface area contributed by atoms with Gasteiger partial charge in [0.05, 0.1) is 6.10 Å². The number of sulfonamides is 1. The average molecular weight is 428 g/mol. The molecule has 1 aromatic rings. The molecular formula is C14H22ClN3O4S3. The highest BCUT2D eigenvalue weighted by molar-refractivity contribution is 7.99. The van der Waals surface area contributed by atoms with Crippen LogP contribution in [0.2, 0.25) is 0 Å². The summed E-state index contributed by atoms with van der Waals surface area (Å²) >= 11 is 2.86. The largest absolute Gasteiger partial charge is 0.391 e. The second-order valence-electron chi connectivity index (χ2n) is 5.83. The quantitative estimate of drug-likeness (QED) is 0.621. The summed E-state index contributed by atoms with van der Waals surface area (Å²) < 4.78 is 27.0. The van der Waals surface area contributed by atoms with E-state index in [0.717, 1.165) is 22.8 Å². The lowest BCUT2D eigenvalue weighted by atomic mass is 10.1. The highest BCUT2D eigenvalue weighted by Gasteiger charge is 2.32. The number of nitrogens with one attached hydrogen (secondary N) is 2. The number of halogens is 1. The Kier molecular flexibility index (Phi) is 7.56. The molecule has 0 aromatic carbocycles. The van der Waals surface area contributed by atoms with E-state index >= 15 is 0 Å². The second kappa shape index (κ2) is 9.03. The van der Waals surface area contributed by atoms with Gasteiger partial charge in [-0.25, -0.2) is 8.42 Å². The molecule has 0 aliphatic carbocycles. The standard InChI is InChI=1S/C14H21N3O4S3.ClH/c18-11-9-15-7-10(11)8-16-14(19)13-12(1-4-23-13)24(20,21)17-2-5-22-6-3-17;/h1,4,10-11,15,18H,2-3,5-9H2,(H,16,19);1H. The number of amides is 1. The molecule has 2 aliphatic rings. The molecule has 3 N–H and O–H groups in total. The zero-order valence-corrected chi connectivity index (χ0v) is 16.8. The Labute approximate surface area is 162 Å². The number of rotatable bonds is 5. The molecule has 3 heterocycles. The van der Waals surface area contributed by atoms with Crippen molar-refractivity contribution in [3.05, 3.63) is 16.3 Å². The van der Waals surface area contributed by atoms with Crippen molar-refractivity contribution >= 4 is 51.4 Å². The Morgan fingerprint density at radius 1 is 1.36 bits per heavy atom. The Balaban J connectivity index is 0.00000225. The van der Waals surface area contributed by atoms with Crippen LogP contribution in [0.25, 0.3) is 0 Å². The highest BCUT2D eigenvalue weighted by Crippen LogP contribution is 2.27. The van der Waals surface area contributed by atoms with Crippen LogP contribution in [0.4, 0.5) is 0 Å². The average Bonchev–Trinajstić information content (AvgIpc) is 3.23. The fourth-order valence-electron chi connectivity index (χ4n) is 2.82. The zero-order valence-electron chi connectivity index (χ0n) is 13.5. The van der Waals surface area contributed by atoms with Crippen molar-refractivity contribution in [3.8, 4) is 0 Å². The van der Waals surface area contributed by atoms with Gasteiger partial charge in [0.15, 0.2) is 0 Å². The third-order valence-electron chi connectivity index (χ3n) is 4.25. The van der Waals surface area contributed by atoms with Crippen molar-refractivity contribution in [3.63, 3.8) is 0 Å². The van der Waals surface area contributed by atoms with Crippen molar-refractivity contribution < 1.29 is 18.3 Å². The molecule has 0 radical (unpaired) electrons. The van der Waals surface area contributed by atoms with Crippen molar-refractivity contribution in [2.75, 3.05) is 44.2 Å². The second-order valence-corrected chi connectivity index (χ2v) is 9.87. The Bertz CT molecular complexity index is 691. The van der Waals surface area contributed by atoms with Gasteiger partial charge in [0.1, 0.15) is 9.77 Å². The minimum Gasteiger partial charge on any atom is -0.391 e. The first-order valence-corrected chi connectivity index (χ1v) is 11.3. The Morgan fingerprint density at radius 2 is 2.08 bits per heavy atom. The molecule has 7 nitrogen and oxygen atoms in total. The molecule has 2 unspecified atom stereocenters. The van der Waals surface area contributed by atoms with Crippen LogP contribution in [-0.4, -0.2) is 74.1 Å². The summed E-state index contributed by atoms with van der Waals surface area (Å²) in [4.78, 5) is 12.7. The smallest absolute Gasteiger partial charge is 0.262 e. The maximum atomic E-state index is 12.8. The normalized spacial score (nSPS) is 24.7. The van der Waals surface area contributed by atoms with Crippen molar-refractivity contribution in [2.24, 2.45) is 5.92 Å². The lowest BCUT2D eigenvalue weighted by Crippen LogP contribution is -2.39.